The quantitative estimate of drug-likeness (QED) is 0.483. The first-order valence-electron chi connectivity index (χ1n) is 10.2. The van der Waals surface area contributed by atoms with Crippen molar-refractivity contribution in [2.45, 2.75) is 26.4 Å². The van der Waals surface area contributed by atoms with Crippen LogP contribution in [-0.2, 0) is 0 Å². The topological polar surface area (TPSA) is 88.7 Å². The average Bonchev–Trinajstić information content (AvgIpc) is 3.26. The minimum absolute atomic E-state index is 0.00212. The van der Waals surface area contributed by atoms with Crippen LogP contribution in [0.5, 0.6) is 5.75 Å². The molecule has 0 bridgehead atoms. The van der Waals surface area contributed by atoms with Gasteiger partial charge in [0.25, 0.3) is 0 Å². The third-order valence-electron chi connectivity index (χ3n) is 4.86. The highest BCUT2D eigenvalue weighted by atomic mass is 32.1. The zero-order valence-electron chi connectivity index (χ0n) is 18.7. The molecule has 0 aliphatic carbocycles. The molecule has 0 aliphatic rings. The molecule has 3 rings (SSSR count). The Hall–Kier alpha value is -2.97. The molecule has 7 nitrogen and oxygen atoms in total. The highest BCUT2D eigenvalue weighted by Gasteiger charge is 2.17. The van der Waals surface area contributed by atoms with Crippen molar-refractivity contribution in [1.82, 2.24) is 15.5 Å². The molecule has 0 spiro atoms. The Kier molecular flexibility index (Phi) is 7.59. The number of hydrogen-bond acceptors (Lipinski definition) is 8. The normalized spacial score (nSPS) is 12.6. The van der Waals surface area contributed by atoms with Crippen molar-refractivity contribution in [3.05, 3.63) is 57.9 Å². The van der Waals surface area contributed by atoms with Crippen LogP contribution in [0.1, 0.15) is 35.6 Å². The number of ether oxygens (including phenoxy) is 1. The lowest BCUT2D eigenvalue weighted by Gasteiger charge is -2.18. The molecular weight excluding hydrogens is 408 g/mol. The number of aliphatic imine (C=N–C) groups is 1. The second-order valence-corrected chi connectivity index (χ2v) is 8.48. The molecule has 0 aliphatic heterocycles. The van der Waals surface area contributed by atoms with Crippen LogP contribution in [-0.4, -0.2) is 43.6 Å². The number of anilines is 2. The van der Waals surface area contributed by atoms with E-state index in [1.165, 1.54) is 4.88 Å². The van der Waals surface area contributed by atoms with Crippen molar-refractivity contribution in [3.8, 4) is 5.75 Å². The van der Waals surface area contributed by atoms with Gasteiger partial charge >= 0.3 is 0 Å². The number of thiophene rings is 1. The number of aryl methyl sites for hydroxylation is 1. The van der Waals surface area contributed by atoms with Gasteiger partial charge in [0, 0.05) is 42.7 Å². The van der Waals surface area contributed by atoms with Gasteiger partial charge in [-0.2, -0.15) is 5.10 Å². The molecule has 31 heavy (non-hydrogen) atoms. The van der Waals surface area contributed by atoms with Gasteiger partial charge in [-0.15, -0.1) is 16.4 Å². The standard InChI is InChI=1S/C23H30N6OS/c1-15(21-16(2)27-28-23(22(21)24)29(4)5)26-17-8-6-9-18(14-17)30-19(11-12-25-3)20-10-7-13-31-20/h6-10,13-14,19,25H,11-12H2,1-5H3,(H2,24,27). The SMILES string of the molecule is CNCCC(Oc1cccc(N=C(C)c2c(C)nnc(N(C)C)c2N)c1)c1cccs1. The van der Waals surface area contributed by atoms with E-state index in [0.29, 0.717) is 11.5 Å². The summed E-state index contributed by atoms with van der Waals surface area (Å²) in [5.74, 6) is 1.42. The number of nitrogens with zero attached hydrogens (tertiary/aromatic N) is 4. The highest BCUT2D eigenvalue weighted by Crippen LogP contribution is 2.31. The van der Waals surface area contributed by atoms with Gasteiger partial charge in [-0.1, -0.05) is 12.1 Å². The van der Waals surface area contributed by atoms with Crippen LogP contribution >= 0.6 is 11.3 Å². The Morgan fingerprint density at radius 1 is 1.26 bits per heavy atom. The lowest BCUT2D eigenvalue weighted by atomic mass is 10.1. The van der Waals surface area contributed by atoms with Crippen LogP contribution in [0.4, 0.5) is 17.2 Å². The van der Waals surface area contributed by atoms with Gasteiger partial charge in [0.15, 0.2) is 5.82 Å². The third kappa shape index (κ3) is 5.59. The van der Waals surface area contributed by atoms with Gasteiger partial charge in [-0.25, -0.2) is 0 Å². The maximum absolute atomic E-state index is 6.38. The number of hydrogen-bond donors (Lipinski definition) is 2. The summed E-state index contributed by atoms with van der Waals surface area (Å²) in [4.78, 5) is 7.87. The van der Waals surface area contributed by atoms with Gasteiger partial charge in [0.2, 0.25) is 0 Å². The summed E-state index contributed by atoms with van der Waals surface area (Å²) in [6.07, 6.45) is 0.882. The molecule has 2 heterocycles. The second-order valence-electron chi connectivity index (χ2n) is 7.50. The van der Waals surface area contributed by atoms with Crippen molar-refractivity contribution in [3.63, 3.8) is 0 Å². The monoisotopic (exact) mass is 438 g/mol. The lowest BCUT2D eigenvalue weighted by molar-refractivity contribution is 0.199. The molecule has 1 aromatic carbocycles. The van der Waals surface area contributed by atoms with E-state index in [1.807, 2.05) is 64.2 Å². The summed E-state index contributed by atoms with van der Waals surface area (Å²) < 4.78 is 6.33. The Morgan fingerprint density at radius 2 is 2.06 bits per heavy atom. The molecule has 3 aromatic rings. The van der Waals surface area contributed by atoms with Crippen LogP contribution < -0.4 is 20.7 Å². The molecule has 0 radical (unpaired) electrons. The van der Waals surface area contributed by atoms with Crippen LogP contribution in [0, 0.1) is 6.92 Å². The fraction of sp³-hybridized carbons (Fsp3) is 0.348. The van der Waals surface area contributed by atoms with Crippen LogP contribution in [0.2, 0.25) is 0 Å². The molecule has 1 unspecified atom stereocenters. The first kappa shape index (κ1) is 22.7. The van der Waals surface area contributed by atoms with Crippen LogP contribution in [0.25, 0.3) is 0 Å². The Labute approximate surface area is 188 Å². The molecule has 0 saturated heterocycles. The predicted molar refractivity (Wildman–Crippen MR) is 130 cm³/mol. The van der Waals surface area contributed by atoms with E-state index in [-0.39, 0.29) is 6.10 Å². The van der Waals surface area contributed by atoms with E-state index >= 15 is 0 Å². The zero-order valence-corrected chi connectivity index (χ0v) is 19.5. The number of benzene rings is 1. The smallest absolute Gasteiger partial charge is 0.174 e. The molecule has 0 fully saturated rings. The molecule has 0 amide bonds. The number of nitrogens with one attached hydrogen (secondary N) is 1. The summed E-state index contributed by atoms with van der Waals surface area (Å²) in [6.45, 7) is 4.71. The zero-order chi connectivity index (χ0) is 22.4. The molecule has 164 valence electrons. The van der Waals surface area contributed by atoms with E-state index in [0.717, 1.165) is 41.4 Å². The van der Waals surface area contributed by atoms with E-state index in [9.17, 15) is 0 Å². The van der Waals surface area contributed by atoms with Crippen molar-refractivity contribution in [2.24, 2.45) is 4.99 Å². The van der Waals surface area contributed by atoms with Crippen LogP contribution in [0.15, 0.2) is 46.8 Å². The fourth-order valence-corrected chi connectivity index (χ4v) is 4.16. The summed E-state index contributed by atoms with van der Waals surface area (Å²) >= 11 is 1.71. The Bertz CT molecular complexity index is 1030. The number of nitrogen functional groups attached to an aromatic ring is 1. The van der Waals surface area contributed by atoms with E-state index in [4.69, 9.17) is 15.5 Å². The first-order chi connectivity index (χ1) is 14.9. The maximum Gasteiger partial charge on any atom is 0.174 e. The second kappa shape index (κ2) is 10.4. The predicted octanol–water partition coefficient (Wildman–Crippen LogP) is 4.37. The van der Waals surface area contributed by atoms with E-state index in [1.54, 1.807) is 11.3 Å². The summed E-state index contributed by atoms with van der Waals surface area (Å²) in [7, 11) is 5.74. The van der Waals surface area contributed by atoms with Crippen molar-refractivity contribution in [1.29, 1.82) is 0 Å². The van der Waals surface area contributed by atoms with Gasteiger partial charge in [-0.3, -0.25) is 4.99 Å². The molecule has 1 atom stereocenters. The van der Waals surface area contributed by atoms with E-state index < -0.39 is 0 Å². The van der Waals surface area contributed by atoms with Gasteiger partial charge in [0.1, 0.15) is 11.9 Å². The fourth-order valence-electron chi connectivity index (χ4n) is 3.37. The molecule has 8 heteroatoms. The van der Waals surface area contributed by atoms with Crippen molar-refractivity contribution >= 4 is 34.2 Å². The van der Waals surface area contributed by atoms with Gasteiger partial charge < -0.3 is 20.7 Å². The number of rotatable bonds is 9. The Morgan fingerprint density at radius 3 is 2.74 bits per heavy atom. The molecule has 2 aromatic heterocycles. The molecule has 0 saturated carbocycles. The summed E-state index contributed by atoms with van der Waals surface area (Å²) in [6, 6.07) is 12.0. The minimum Gasteiger partial charge on any atom is -0.485 e. The molecular formula is C23H30N6OS. The van der Waals surface area contributed by atoms with Gasteiger partial charge in [0.05, 0.1) is 17.1 Å². The Balaban J connectivity index is 1.88. The maximum atomic E-state index is 6.38. The molecule has 3 N–H and O–H groups in total. The number of aromatic nitrogens is 2. The highest BCUT2D eigenvalue weighted by molar-refractivity contribution is 7.10. The van der Waals surface area contributed by atoms with Crippen molar-refractivity contribution in [2.75, 3.05) is 38.3 Å². The largest absolute Gasteiger partial charge is 0.485 e. The van der Waals surface area contributed by atoms with Gasteiger partial charge in [-0.05, 0) is 51.0 Å². The minimum atomic E-state index is -0.00212. The van der Waals surface area contributed by atoms with Crippen LogP contribution in [0.3, 0.4) is 0 Å². The average molecular weight is 439 g/mol. The number of nitrogens with two attached hydrogens (primary N) is 1. The van der Waals surface area contributed by atoms with Crippen molar-refractivity contribution < 1.29 is 4.74 Å². The summed E-state index contributed by atoms with van der Waals surface area (Å²) in [5, 5.41) is 13.7. The lowest BCUT2D eigenvalue weighted by Crippen LogP contribution is -2.17. The first-order valence-corrected chi connectivity index (χ1v) is 11.1. The van der Waals surface area contributed by atoms with E-state index in [2.05, 4.69) is 33.0 Å². The summed E-state index contributed by atoms with van der Waals surface area (Å²) in [5.41, 5.74) is 10.1. The third-order valence-corrected chi connectivity index (χ3v) is 5.83.